The highest BCUT2D eigenvalue weighted by Gasteiger charge is 2.30. The van der Waals surface area contributed by atoms with Gasteiger partial charge in [-0.2, -0.15) is 0 Å². The molecule has 0 aromatic rings. The zero-order chi connectivity index (χ0) is 8.91. The van der Waals surface area contributed by atoms with Gasteiger partial charge in [0.25, 0.3) is 0 Å². The van der Waals surface area contributed by atoms with E-state index in [9.17, 15) is 13.2 Å². The Morgan fingerprint density at radius 3 is 2.27 bits per heavy atom. The van der Waals surface area contributed by atoms with Gasteiger partial charge in [-0.25, -0.2) is 0 Å². The number of methoxy groups -OCH3 is 1. The lowest BCUT2D eigenvalue weighted by molar-refractivity contribution is -0.331. The molecule has 0 aromatic heterocycles. The highest BCUT2D eigenvalue weighted by Crippen LogP contribution is 2.16. The monoisotopic (exact) mass is 171 g/mol. The minimum Gasteiger partial charge on any atom is -0.379 e. The van der Waals surface area contributed by atoms with Crippen molar-refractivity contribution >= 4 is 0 Å². The Morgan fingerprint density at radius 2 is 2.00 bits per heavy atom. The van der Waals surface area contributed by atoms with Crippen LogP contribution in [0.3, 0.4) is 0 Å². The maximum atomic E-state index is 11.4. The van der Waals surface area contributed by atoms with Crippen LogP contribution in [0.1, 0.15) is 6.42 Å². The minimum atomic E-state index is -4.58. The third-order valence-electron chi connectivity index (χ3n) is 1.09. The van der Waals surface area contributed by atoms with Gasteiger partial charge in [-0.05, 0) is 6.42 Å². The number of alkyl halides is 3. The molecule has 67 valence electrons. The van der Waals surface area contributed by atoms with Gasteiger partial charge in [-0.15, -0.1) is 13.2 Å². The van der Waals surface area contributed by atoms with Crippen LogP contribution in [0.2, 0.25) is 0 Å². The number of hydrogen-bond donors (Lipinski definition) is 0. The molecule has 0 N–H and O–H groups in total. The SMILES string of the molecule is [CH2]CC(COC(F)(F)F)OC. The van der Waals surface area contributed by atoms with Crippen molar-refractivity contribution < 1.29 is 22.6 Å². The second-order valence-corrected chi connectivity index (χ2v) is 1.90. The fraction of sp³-hybridized carbons (Fsp3) is 0.833. The maximum Gasteiger partial charge on any atom is 0.522 e. The van der Waals surface area contributed by atoms with Crippen LogP contribution < -0.4 is 0 Å². The van der Waals surface area contributed by atoms with Gasteiger partial charge in [0.15, 0.2) is 0 Å². The molecule has 0 heterocycles. The third kappa shape index (κ3) is 6.12. The number of hydrogen-bond acceptors (Lipinski definition) is 2. The molecular formula is C6H10F3O2. The summed E-state index contributed by atoms with van der Waals surface area (Å²) in [4.78, 5) is 0. The van der Waals surface area contributed by atoms with Crippen LogP contribution in [0.25, 0.3) is 0 Å². The van der Waals surface area contributed by atoms with Gasteiger partial charge in [-0.1, -0.05) is 6.92 Å². The minimum absolute atomic E-state index is 0.257. The Bertz CT molecular complexity index is 98.5. The first-order chi connectivity index (χ1) is 4.99. The Labute approximate surface area is 63.3 Å². The highest BCUT2D eigenvalue weighted by molar-refractivity contribution is 4.56. The van der Waals surface area contributed by atoms with Crippen LogP contribution in [-0.2, 0) is 9.47 Å². The molecule has 11 heavy (non-hydrogen) atoms. The zero-order valence-electron chi connectivity index (χ0n) is 6.15. The molecule has 0 aromatic carbocycles. The first-order valence-electron chi connectivity index (χ1n) is 3.02. The quantitative estimate of drug-likeness (QED) is 0.641. The smallest absolute Gasteiger partial charge is 0.379 e. The second kappa shape index (κ2) is 4.56. The van der Waals surface area contributed by atoms with Gasteiger partial charge in [-0.3, -0.25) is 4.74 Å². The Morgan fingerprint density at radius 1 is 1.45 bits per heavy atom. The molecule has 2 nitrogen and oxygen atoms in total. The molecule has 1 unspecified atom stereocenters. The summed E-state index contributed by atoms with van der Waals surface area (Å²) in [5, 5.41) is 0. The lowest BCUT2D eigenvalue weighted by Gasteiger charge is -2.14. The van der Waals surface area contributed by atoms with Crippen molar-refractivity contribution in [2.24, 2.45) is 0 Å². The summed E-state index contributed by atoms with van der Waals surface area (Å²) in [6.07, 6.45) is -4.91. The van der Waals surface area contributed by atoms with E-state index in [1.165, 1.54) is 7.11 Å². The van der Waals surface area contributed by atoms with Crippen molar-refractivity contribution in [3.63, 3.8) is 0 Å². The van der Waals surface area contributed by atoms with Gasteiger partial charge < -0.3 is 4.74 Å². The van der Waals surface area contributed by atoms with Crippen molar-refractivity contribution in [3.05, 3.63) is 6.92 Å². The summed E-state index contributed by atoms with van der Waals surface area (Å²) in [6.45, 7) is 2.89. The van der Waals surface area contributed by atoms with E-state index in [1.54, 1.807) is 0 Å². The molecule has 0 fully saturated rings. The molecule has 5 heteroatoms. The van der Waals surface area contributed by atoms with Gasteiger partial charge in [0.05, 0.1) is 12.7 Å². The molecule has 0 amide bonds. The van der Waals surface area contributed by atoms with Crippen molar-refractivity contribution in [3.8, 4) is 0 Å². The van der Waals surface area contributed by atoms with E-state index in [1.807, 2.05) is 0 Å². The van der Waals surface area contributed by atoms with E-state index in [2.05, 4.69) is 16.4 Å². The van der Waals surface area contributed by atoms with Gasteiger partial charge in [0.1, 0.15) is 0 Å². The van der Waals surface area contributed by atoms with Crippen molar-refractivity contribution in [1.29, 1.82) is 0 Å². The fourth-order valence-corrected chi connectivity index (χ4v) is 0.457. The molecule has 0 rings (SSSR count). The molecule has 0 saturated carbocycles. The molecule has 0 aliphatic carbocycles. The molecule has 1 atom stereocenters. The summed E-state index contributed by atoms with van der Waals surface area (Å²) >= 11 is 0. The Balaban J connectivity index is 3.51. The van der Waals surface area contributed by atoms with Gasteiger partial charge in [0, 0.05) is 7.11 Å². The first kappa shape index (κ1) is 10.7. The van der Waals surface area contributed by atoms with Crippen molar-refractivity contribution in [2.75, 3.05) is 13.7 Å². The number of rotatable bonds is 4. The molecule has 0 bridgehead atoms. The van der Waals surface area contributed by atoms with E-state index in [-0.39, 0.29) is 6.42 Å². The largest absolute Gasteiger partial charge is 0.522 e. The highest BCUT2D eigenvalue weighted by atomic mass is 19.4. The summed E-state index contributed by atoms with van der Waals surface area (Å²) in [7, 11) is 1.32. The summed E-state index contributed by atoms with van der Waals surface area (Å²) in [6, 6.07) is 0. The van der Waals surface area contributed by atoms with Crippen LogP contribution in [0.4, 0.5) is 13.2 Å². The van der Waals surface area contributed by atoms with Crippen LogP contribution in [0.5, 0.6) is 0 Å². The topological polar surface area (TPSA) is 18.5 Å². The third-order valence-corrected chi connectivity index (χ3v) is 1.09. The molecule has 1 radical (unpaired) electrons. The average Bonchev–Trinajstić information content (AvgIpc) is 1.88. The maximum absolute atomic E-state index is 11.4. The lowest BCUT2D eigenvalue weighted by Crippen LogP contribution is -2.23. The lowest BCUT2D eigenvalue weighted by atomic mass is 10.3. The molecule has 0 aliphatic heterocycles. The van der Waals surface area contributed by atoms with E-state index < -0.39 is 19.1 Å². The zero-order valence-corrected chi connectivity index (χ0v) is 6.15. The van der Waals surface area contributed by atoms with Gasteiger partial charge in [0.2, 0.25) is 0 Å². The summed E-state index contributed by atoms with van der Waals surface area (Å²) in [5.41, 5.74) is 0. The summed E-state index contributed by atoms with van der Waals surface area (Å²) < 4.78 is 42.3. The normalized spacial score (nSPS) is 15.0. The molecular weight excluding hydrogens is 161 g/mol. The molecule has 0 aliphatic rings. The van der Waals surface area contributed by atoms with Gasteiger partial charge >= 0.3 is 6.36 Å². The van der Waals surface area contributed by atoms with Crippen LogP contribution in [0.15, 0.2) is 0 Å². The van der Waals surface area contributed by atoms with Crippen LogP contribution in [-0.4, -0.2) is 26.2 Å². The average molecular weight is 171 g/mol. The predicted molar refractivity (Wildman–Crippen MR) is 32.8 cm³/mol. The Hall–Kier alpha value is -0.290. The van der Waals surface area contributed by atoms with E-state index in [0.717, 1.165) is 0 Å². The molecule has 0 spiro atoms. The van der Waals surface area contributed by atoms with E-state index in [0.29, 0.717) is 0 Å². The van der Waals surface area contributed by atoms with Crippen molar-refractivity contribution in [2.45, 2.75) is 18.9 Å². The van der Waals surface area contributed by atoms with E-state index in [4.69, 9.17) is 0 Å². The van der Waals surface area contributed by atoms with Crippen LogP contribution >= 0.6 is 0 Å². The Kier molecular flexibility index (Phi) is 4.44. The predicted octanol–water partition coefficient (Wildman–Crippen LogP) is 1.76. The molecule has 0 saturated heterocycles. The van der Waals surface area contributed by atoms with Crippen LogP contribution in [0, 0.1) is 6.92 Å². The van der Waals surface area contributed by atoms with Crippen molar-refractivity contribution in [1.82, 2.24) is 0 Å². The standard InChI is InChI=1S/C6H10F3O2/c1-3-5(10-2)4-11-6(7,8)9/h5H,1,3-4H2,2H3. The number of halogens is 3. The first-order valence-corrected chi connectivity index (χ1v) is 3.02. The summed E-state index contributed by atoms with van der Waals surface area (Å²) in [5.74, 6) is 0. The fourth-order valence-electron chi connectivity index (χ4n) is 0.457. The second-order valence-electron chi connectivity index (χ2n) is 1.90. The van der Waals surface area contributed by atoms with E-state index >= 15 is 0 Å². The number of ether oxygens (including phenoxy) is 2.